The molecule has 0 fully saturated rings. The number of aliphatic imine (C=N–C) groups is 1. The van der Waals surface area contributed by atoms with Gasteiger partial charge in [0.25, 0.3) is 0 Å². The lowest BCUT2D eigenvalue weighted by Gasteiger charge is -2.32. The van der Waals surface area contributed by atoms with Crippen LogP contribution in [-0.2, 0) is 11.3 Å². The highest BCUT2D eigenvalue weighted by molar-refractivity contribution is 6.24. The molecule has 3 rings (SSSR count). The van der Waals surface area contributed by atoms with E-state index < -0.39 is 17.0 Å². The monoisotopic (exact) mass is 392 g/mol. The largest absolute Gasteiger partial charge is 0.481 e. The van der Waals surface area contributed by atoms with Crippen molar-refractivity contribution in [2.75, 3.05) is 0 Å². The Morgan fingerprint density at radius 1 is 1.15 bits per heavy atom. The van der Waals surface area contributed by atoms with Crippen molar-refractivity contribution in [2.24, 2.45) is 4.99 Å². The van der Waals surface area contributed by atoms with Gasteiger partial charge in [0, 0.05) is 12.1 Å². The lowest BCUT2D eigenvalue weighted by Crippen LogP contribution is -2.44. The van der Waals surface area contributed by atoms with Crippen LogP contribution in [0.2, 0.25) is 0 Å². The van der Waals surface area contributed by atoms with Gasteiger partial charge in [-0.25, -0.2) is 0 Å². The van der Waals surface area contributed by atoms with E-state index in [0.29, 0.717) is 13.0 Å². The number of rotatable bonds is 6. The van der Waals surface area contributed by atoms with Crippen molar-refractivity contribution in [3.63, 3.8) is 0 Å². The van der Waals surface area contributed by atoms with E-state index in [0.717, 1.165) is 17.0 Å². The third-order valence-electron chi connectivity index (χ3n) is 4.61. The summed E-state index contributed by atoms with van der Waals surface area (Å²) < 4.78 is 0. The van der Waals surface area contributed by atoms with Gasteiger partial charge in [-0.15, -0.1) is 12.4 Å². The van der Waals surface area contributed by atoms with Crippen LogP contribution in [0.4, 0.5) is 0 Å². The molecule has 1 aliphatic rings. The van der Waals surface area contributed by atoms with Crippen molar-refractivity contribution in [3.05, 3.63) is 71.8 Å². The standard InChI is InChI=1S/C20H21ClN2O2.ClH/c1-2-20(13-17(24)25)19(21)23(14-15-9-5-3-6-10-15)18(22-20)16-11-7-4-8-12-16;/h3-12,19H,2,13-14H2,1H3,(H,24,25);1H. The third-order valence-corrected chi connectivity index (χ3v) is 5.26. The van der Waals surface area contributed by atoms with Gasteiger partial charge in [-0.3, -0.25) is 9.79 Å². The number of hydrogen-bond donors (Lipinski definition) is 1. The van der Waals surface area contributed by atoms with E-state index in [1.165, 1.54) is 0 Å². The molecule has 0 saturated carbocycles. The van der Waals surface area contributed by atoms with Crippen LogP contribution in [0.3, 0.4) is 0 Å². The number of hydrogen-bond acceptors (Lipinski definition) is 3. The molecule has 1 N–H and O–H groups in total. The predicted octanol–water partition coefficient (Wildman–Crippen LogP) is 4.56. The zero-order valence-corrected chi connectivity index (χ0v) is 16.1. The highest BCUT2D eigenvalue weighted by Crippen LogP contribution is 2.39. The van der Waals surface area contributed by atoms with Crippen molar-refractivity contribution in [2.45, 2.75) is 37.4 Å². The summed E-state index contributed by atoms with van der Waals surface area (Å²) in [5, 5.41) is 9.37. The number of carboxylic acids is 1. The van der Waals surface area contributed by atoms with E-state index in [9.17, 15) is 9.90 Å². The fraction of sp³-hybridized carbons (Fsp3) is 0.300. The van der Waals surface area contributed by atoms with E-state index in [1.807, 2.05) is 72.5 Å². The number of aliphatic carboxylic acids is 1. The lowest BCUT2D eigenvalue weighted by molar-refractivity contribution is -0.138. The molecule has 138 valence electrons. The molecule has 0 aromatic heterocycles. The maximum atomic E-state index is 11.4. The minimum absolute atomic E-state index is 0. The van der Waals surface area contributed by atoms with E-state index in [1.54, 1.807) is 0 Å². The minimum atomic E-state index is -0.884. The molecule has 2 atom stereocenters. The smallest absolute Gasteiger partial charge is 0.305 e. The van der Waals surface area contributed by atoms with Gasteiger partial charge in [0.05, 0.1) is 6.42 Å². The number of carbonyl (C=O) groups is 1. The summed E-state index contributed by atoms with van der Waals surface area (Å²) in [5.74, 6) is -0.127. The first-order valence-corrected chi connectivity index (χ1v) is 8.81. The van der Waals surface area contributed by atoms with E-state index in [2.05, 4.69) is 0 Å². The first-order valence-electron chi connectivity index (χ1n) is 8.37. The summed E-state index contributed by atoms with van der Waals surface area (Å²) in [5.41, 5.74) is 0.723. The van der Waals surface area contributed by atoms with Gasteiger partial charge in [0.15, 0.2) is 0 Å². The molecule has 0 saturated heterocycles. The van der Waals surface area contributed by atoms with Crippen LogP contribution in [0.15, 0.2) is 65.7 Å². The van der Waals surface area contributed by atoms with Crippen LogP contribution in [0.1, 0.15) is 30.9 Å². The Morgan fingerprint density at radius 2 is 1.73 bits per heavy atom. The topological polar surface area (TPSA) is 52.9 Å². The fourth-order valence-corrected chi connectivity index (χ4v) is 3.68. The van der Waals surface area contributed by atoms with Crippen LogP contribution in [-0.4, -0.2) is 32.9 Å². The normalized spacial score (nSPS) is 21.8. The second-order valence-electron chi connectivity index (χ2n) is 6.28. The summed E-state index contributed by atoms with van der Waals surface area (Å²) >= 11 is 6.79. The van der Waals surface area contributed by atoms with Gasteiger partial charge in [0.1, 0.15) is 16.9 Å². The van der Waals surface area contributed by atoms with Crippen LogP contribution >= 0.6 is 24.0 Å². The first-order chi connectivity index (χ1) is 12.1. The average molecular weight is 393 g/mol. The fourth-order valence-electron chi connectivity index (χ4n) is 3.24. The zero-order valence-electron chi connectivity index (χ0n) is 14.5. The van der Waals surface area contributed by atoms with Crippen molar-refractivity contribution in [1.29, 1.82) is 0 Å². The van der Waals surface area contributed by atoms with Gasteiger partial charge in [-0.2, -0.15) is 0 Å². The summed E-state index contributed by atoms with van der Waals surface area (Å²) in [4.78, 5) is 18.3. The lowest BCUT2D eigenvalue weighted by atomic mass is 9.93. The van der Waals surface area contributed by atoms with Gasteiger partial charge in [0.2, 0.25) is 0 Å². The van der Waals surface area contributed by atoms with E-state index in [-0.39, 0.29) is 18.8 Å². The molecule has 1 aliphatic heterocycles. The van der Waals surface area contributed by atoms with E-state index >= 15 is 0 Å². The van der Waals surface area contributed by atoms with Crippen molar-refractivity contribution < 1.29 is 9.90 Å². The van der Waals surface area contributed by atoms with Crippen LogP contribution in [0.5, 0.6) is 0 Å². The summed E-state index contributed by atoms with van der Waals surface area (Å²) in [7, 11) is 0. The first kappa shape index (κ1) is 20.3. The number of alkyl halides is 1. The van der Waals surface area contributed by atoms with Crippen molar-refractivity contribution in [3.8, 4) is 0 Å². The molecular weight excluding hydrogens is 371 g/mol. The molecule has 6 heteroatoms. The number of benzene rings is 2. The van der Waals surface area contributed by atoms with Gasteiger partial charge in [-0.05, 0) is 12.0 Å². The Hall–Kier alpha value is -2.04. The number of halogens is 2. The Bertz CT molecular complexity index is 768. The van der Waals surface area contributed by atoms with Crippen molar-refractivity contribution >= 4 is 35.8 Å². The van der Waals surface area contributed by atoms with Gasteiger partial charge < -0.3 is 10.0 Å². The zero-order chi connectivity index (χ0) is 17.9. The number of carboxylic acid groups (broad SMARTS) is 1. The maximum absolute atomic E-state index is 11.4. The van der Waals surface area contributed by atoms with Crippen LogP contribution < -0.4 is 0 Å². The molecule has 2 unspecified atom stereocenters. The SMILES string of the molecule is CCC1(CC(=O)O)N=C(c2ccccc2)N(Cc2ccccc2)C1Cl.Cl. The Kier molecular flexibility index (Phi) is 6.68. The van der Waals surface area contributed by atoms with Gasteiger partial charge >= 0.3 is 5.97 Å². The van der Waals surface area contributed by atoms with E-state index in [4.69, 9.17) is 16.6 Å². The molecule has 2 aromatic rings. The van der Waals surface area contributed by atoms with Crippen LogP contribution in [0, 0.1) is 0 Å². The molecule has 0 bridgehead atoms. The summed E-state index contributed by atoms with van der Waals surface area (Å²) in [6, 6.07) is 19.8. The average Bonchev–Trinajstić information content (AvgIpc) is 2.89. The molecule has 2 aromatic carbocycles. The molecule has 0 aliphatic carbocycles. The maximum Gasteiger partial charge on any atom is 0.305 e. The van der Waals surface area contributed by atoms with Crippen molar-refractivity contribution in [1.82, 2.24) is 4.90 Å². The quantitative estimate of drug-likeness (QED) is 0.578. The molecular formula is C20H22Cl2N2O2. The third kappa shape index (κ3) is 4.02. The number of amidine groups is 1. The second-order valence-corrected chi connectivity index (χ2v) is 6.69. The molecule has 0 spiro atoms. The van der Waals surface area contributed by atoms with Crippen LogP contribution in [0.25, 0.3) is 0 Å². The highest BCUT2D eigenvalue weighted by atomic mass is 35.5. The molecule has 26 heavy (non-hydrogen) atoms. The number of nitrogens with zero attached hydrogens (tertiary/aromatic N) is 2. The molecule has 0 amide bonds. The predicted molar refractivity (Wildman–Crippen MR) is 107 cm³/mol. The Morgan fingerprint density at radius 3 is 2.27 bits per heavy atom. The molecule has 0 radical (unpaired) electrons. The molecule has 1 heterocycles. The Labute approximate surface area is 164 Å². The molecule has 4 nitrogen and oxygen atoms in total. The summed E-state index contributed by atoms with van der Waals surface area (Å²) in [6.07, 6.45) is 0.481. The Balaban J connectivity index is 0.00000243. The minimum Gasteiger partial charge on any atom is -0.481 e. The van der Waals surface area contributed by atoms with Gasteiger partial charge in [-0.1, -0.05) is 79.2 Å². The highest BCUT2D eigenvalue weighted by Gasteiger charge is 2.48. The summed E-state index contributed by atoms with van der Waals surface area (Å²) in [6.45, 7) is 2.53. The second kappa shape index (κ2) is 8.56.